The fraction of sp³-hybridized carbons (Fsp3) is 0.0667. The number of benzene rings is 9. The van der Waals surface area contributed by atoms with Crippen molar-refractivity contribution in [3.8, 4) is 5.75 Å². The van der Waals surface area contributed by atoms with Gasteiger partial charge in [0, 0.05) is 0 Å². The van der Waals surface area contributed by atoms with Crippen LogP contribution in [0.2, 0.25) is 10.0 Å². The van der Waals surface area contributed by atoms with Gasteiger partial charge in [-0.1, -0.05) is 0 Å². The second-order valence-electron chi connectivity index (χ2n) is 17.9. The molecular formula is C60H45BCl2F6O5P2. The van der Waals surface area contributed by atoms with E-state index in [1.165, 1.54) is 0 Å². The third kappa shape index (κ3) is 10.0. The first-order valence-electron chi connectivity index (χ1n) is 23.7. The molecule has 0 aliphatic heterocycles. The standard InChI is InChI=1S/C60H45BCl2F6O5P2/c62-55-37-21-19-35-53(55)57(70)42-75(47-23-7-1-8-24-47,48-25-9-2-10-26-48,49-27-11-3-12-28-49)73-61(72-46-40-44(59(64,65)66)39-45(41-46)60(67,68)69)74-76(50-29-13-4-14-30-50,51-31-15-5-16-32-51,52-33-17-6-18-34-52)43-58(71)54-36-20-22-38-56(54)63/h1-41H,42-43H2. The Bertz CT molecular complexity index is 3070. The van der Waals surface area contributed by atoms with Crippen molar-refractivity contribution in [2.45, 2.75) is 12.4 Å². The zero-order valence-electron chi connectivity index (χ0n) is 40.1. The molecule has 16 heteroatoms. The van der Waals surface area contributed by atoms with Gasteiger partial charge < -0.3 is 0 Å². The Hall–Kier alpha value is -6.88. The van der Waals surface area contributed by atoms with Gasteiger partial charge in [0.05, 0.1) is 0 Å². The molecule has 0 heterocycles. The van der Waals surface area contributed by atoms with E-state index >= 15 is 9.59 Å². The summed E-state index contributed by atoms with van der Waals surface area (Å²) in [6.45, 7) is -10.7. The fourth-order valence-electron chi connectivity index (χ4n) is 9.98. The van der Waals surface area contributed by atoms with E-state index in [9.17, 15) is 26.3 Å². The zero-order chi connectivity index (χ0) is 53.7. The van der Waals surface area contributed by atoms with Gasteiger partial charge in [-0.15, -0.1) is 0 Å². The van der Waals surface area contributed by atoms with Gasteiger partial charge in [0.1, 0.15) is 0 Å². The number of hydrogen-bond acceptors (Lipinski definition) is 5. The van der Waals surface area contributed by atoms with Crippen molar-refractivity contribution in [1.29, 1.82) is 0 Å². The summed E-state index contributed by atoms with van der Waals surface area (Å²) < 4.78 is 113. The Balaban J connectivity index is 1.48. The van der Waals surface area contributed by atoms with Gasteiger partial charge in [0.2, 0.25) is 0 Å². The van der Waals surface area contributed by atoms with Crippen molar-refractivity contribution in [2.24, 2.45) is 0 Å². The summed E-state index contributed by atoms with van der Waals surface area (Å²) in [7, 11) is -2.43. The molecule has 0 unspecified atom stereocenters. The van der Waals surface area contributed by atoms with Crippen LogP contribution in [0.4, 0.5) is 26.3 Å². The van der Waals surface area contributed by atoms with Crippen LogP contribution in [0, 0.1) is 0 Å². The Labute approximate surface area is 446 Å². The number of halogens is 8. The molecule has 0 aliphatic carbocycles. The van der Waals surface area contributed by atoms with Crippen molar-refractivity contribution >= 4 is 87.6 Å². The van der Waals surface area contributed by atoms with Crippen LogP contribution in [0.15, 0.2) is 249 Å². The zero-order valence-corrected chi connectivity index (χ0v) is 43.4. The van der Waals surface area contributed by atoms with Crippen LogP contribution in [-0.4, -0.2) is 31.2 Å². The average Bonchev–Trinajstić information content (AvgIpc) is 3.51. The van der Waals surface area contributed by atoms with E-state index < -0.39 is 74.1 Å². The topological polar surface area (TPSA) is 61.8 Å². The molecule has 0 radical (unpaired) electrons. The van der Waals surface area contributed by atoms with Crippen LogP contribution in [0.1, 0.15) is 31.8 Å². The second kappa shape index (κ2) is 21.6. The molecule has 9 aromatic rings. The van der Waals surface area contributed by atoms with Gasteiger partial charge in [0.15, 0.2) is 0 Å². The van der Waals surface area contributed by atoms with Crippen molar-refractivity contribution in [3.05, 3.63) is 281 Å². The monoisotopic (exact) mass is 1100 g/mol. The first kappa shape index (κ1) is 53.9. The molecule has 384 valence electrons. The molecule has 76 heavy (non-hydrogen) atoms. The van der Waals surface area contributed by atoms with Gasteiger partial charge in [-0.05, 0) is 0 Å². The molecule has 0 saturated carbocycles. The van der Waals surface area contributed by atoms with Crippen LogP contribution in [0.25, 0.3) is 0 Å². The molecule has 0 fully saturated rings. The Morgan fingerprint density at radius 2 is 0.632 bits per heavy atom. The number of hydrogen-bond donors (Lipinski definition) is 0. The van der Waals surface area contributed by atoms with Crippen molar-refractivity contribution in [2.75, 3.05) is 12.3 Å². The van der Waals surface area contributed by atoms with E-state index in [-0.39, 0.29) is 27.2 Å². The van der Waals surface area contributed by atoms with Crippen LogP contribution in [-0.2, 0) is 21.2 Å². The molecule has 9 rings (SSSR count). The van der Waals surface area contributed by atoms with E-state index in [0.29, 0.717) is 44.0 Å². The normalized spacial score (nSPS) is 13.1. The average molecular weight is 1100 g/mol. The Morgan fingerprint density at radius 3 is 0.882 bits per heavy atom. The van der Waals surface area contributed by atoms with E-state index in [0.717, 1.165) is 0 Å². The summed E-state index contributed by atoms with van der Waals surface area (Å²) in [4.78, 5) is 31.4. The molecule has 0 atom stereocenters. The van der Waals surface area contributed by atoms with Gasteiger partial charge in [-0.25, -0.2) is 0 Å². The number of carbonyl (C=O) groups excluding carboxylic acids is 2. The predicted octanol–water partition coefficient (Wildman–Crippen LogP) is 14.1. The quantitative estimate of drug-likeness (QED) is 0.0371. The third-order valence-corrected chi connectivity index (χ3v) is 25.5. The Kier molecular flexibility index (Phi) is 15.4. The van der Waals surface area contributed by atoms with Gasteiger partial charge in [-0.2, -0.15) is 0 Å². The molecular weight excluding hydrogens is 1060 g/mol. The van der Waals surface area contributed by atoms with Crippen molar-refractivity contribution < 1.29 is 49.5 Å². The van der Waals surface area contributed by atoms with E-state index in [1.54, 1.807) is 231 Å². The number of alkyl halides is 6. The first-order chi connectivity index (χ1) is 36.5. The summed E-state index contributed by atoms with van der Waals surface area (Å²) in [6, 6.07) is 65.8. The summed E-state index contributed by atoms with van der Waals surface area (Å²) >= 11 is 13.7. The third-order valence-electron chi connectivity index (χ3n) is 13.5. The number of rotatable bonds is 18. The second-order valence-corrected chi connectivity index (χ2v) is 27.7. The number of Topliss-reactive ketones (excluding diaryl/α,β-unsaturated/α-hetero) is 2. The minimum absolute atomic E-state index is 0.00996. The van der Waals surface area contributed by atoms with Crippen molar-refractivity contribution in [1.82, 2.24) is 0 Å². The van der Waals surface area contributed by atoms with E-state index in [1.807, 2.05) is 0 Å². The fourth-order valence-corrected chi connectivity index (χ4v) is 21.5. The minimum atomic E-state index is -5.36. The molecule has 0 amide bonds. The van der Waals surface area contributed by atoms with Gasteiger partial charge >= 0.3 is 448 Å². The maximum absolute atomic E-state index is 15.7. The van der Waals surface area contributed by atoms with E-state index in [2.05, 4.69) is 0 Å². The van der Waals surface area contributed by atoms with E-state index in [4.69, 9.17) is 36.7 Å². The molecule has 5 nitrogen and oxygen atoms in total. The summed E-state index contributed by atoms with van der Waals surface area (Å²) in [5.41, 5.74) is -3.17. The van der Waals surface area contributed by atoms with Gasteiger partial charge in [-0.3, -0.25) is 0 Å². The molecule has 0 bridgehead atoms. The number of ketones is 2. The number of carbonyl (C=O) groups is 2. The molecule has 0 aromatic heterocycles. The summed E-state index contributed by atoms with van der Waals surface area (Å²) in [5, 5.41) is 2.51. The Morgan fingerprint density at radius 1 is 0.382 bits per heavy atom. The predicted molar refractivity (Wildman–Crippen MR) is 297 cm³/mol. The molecule has 0 aliphatic rings. The van der Waals surface area contributed by atoms with Crippen LogP contribution in [0.3, 0.4) is 0 Å². The van der Waals surface area contributed by atoms with Crippen LogP contribution in [0.5, 0.6) is 5.75 Å². The van der Waals surface area contributed by atoms with Crippen LogP contribution < -0.4 is 36.5 Å². The molecule has 9 aromatic carbocycles. The van der Waals surface area contributed by atoms with Gasteiger partial charge in [0.25, 0.3) is 0 Å². The first-order valence-corrected chi connectivity index (χ1v) is 29.2. The van der Waals surface area contributed by atoms with Crippen LogP contribution >= 0.6 is 36.9 Å². The molecule has 0 N–H and O–H groups in total. The maximum atomic E-state index is 15.7. The molecule has 0 saturated heterocycles. The SMILES string of the molecule is O=C(CP(OB(Oc1cc(C(F)(F)F)cc(C(F)(F)F)c1)OP(CC(=O)c1ccccc1Cl)(c1ccccc1)(c1ccccc1)c1ccccc1)(c1ccccc1)(c1ccccc1)c1ccccc1)c1ccccc1Cl. The summed E-state index contributed by atoms with van der Waals surface area (Å²) in [6.07, 6.45) is -11.7. The summed E-state index contributed by atoms with van der Waals surface area (Å²) in [5.74, 6) is -2.05. The van der Waals surface area contributed by atoms with Crippen molar-refractivity contribution in [3.63, 3.8) is 0 Å². The molecule has 0 spiro atoms.